The molecule has 0 aliphatic carbocycles. The summed E-state index contributed by atoms with van der Waals surface area (Å²) >= 11 is 5.84. The second kappa shape index (κ2) is 5.42. The maximum absolute atomic E-state index is 12.4. The van der Waals surface area contributed by atoms with Gasteiger partial charge in [0.2, 0.25) is 0 Å². The number of nitrogens with zero attached hydrogens (tertiary/aromatic N) is 2. The van der Waals surface area contributed by atoms with E-state index in [1.807, 2.05) is 30.3 Å². The molecule has 0 aromatic heterocycles. The molecule has 2 aromatic rings. The van der Waals surface area contributed by atoms with E-state index in [-0.39, 0.29) is 11.7 Å². The lowest BCUT2D eigenvalue weighted by molar-refractivity contribution is -0.114. The second-order valence-corrected chi connectivity index (χ2v) is 4.98. The Labute approximate surface area is 127 Å². The summed E-state index contributed by atoms with van der Waals surface area (Å²) in [5, 5.41) is 6.06. The quantitative estimate of drug-likeness (QED) is 0.866. The van der Waals surface area contributed by atoms with Crippen molar-refractivity contribution in [3.63, 3.8) is 0 Å². The molecule has 0 bridgehead atoms. The van der Waals surface area contributed by atoms with Crippen LogP contribution in [0.3, 0.4) is 0 Å². The van der Waals surface area contributed by atoms with Gasteiger partial charge >= 0.3 is 0 Å². The summed E-state index contributed by atoms with van der Waals surface area (Å²) in [4.78, 5) is 12.4. The molecule has 104 valence electrons. The molecule has 0 spiro atoms. The van der Waals surface area contributed by atoms with Crippen molar-refractivity contribution in [3.05, 3.63) is 70.8 Å². The number of benzene rings is 2. The van der Waals surface area contributed by atoms with Gasteiger partial charge in [-0.3, -0.25) is 4.79 Å². The Morgan fingerprint density at radius 2 is 1.71 bits per heavy atom. The minimum absolute atomic E-state index is 0.207. The molecule has 0 unspecified atom stereocenters. The van der Waals surface area contributed by atoms with Crippen LogP contribution in [-0.4, -0.2) is 11.7 Å². The van der Waals surface area contributed by atoms with Crippen molar-refractivity contribution in [2.24, 2.45) is 10.8 Å². The summed E-state index contributed by atoms with van der Waals surface area (Å²) in [5.41, 5.74) is 7.77. The smallest absolute Gasteiger partial charge is 0.282 e. The molecule has 0 atom stereocenters. The van der Waals surface area contributed by atoms with Crippen molar-refractivity contribution < 1.29 is 4.79 Å². The molecule has 2 N–H and O–H groups in total. The number of para-hydroxylation sites is 1. The van der Waals surface area contributed by atoms with Crippen LogP contribution in [0.1, 0.15) is 5.56 Å². The van der Waals surface area contributed by atoms with Gasteiger partial charge < -0.3 is 5.73 Å². The summed E-state index contributed by atoms with van der Waals surface area (Å²) in [6.45, 7) is 0. The number of hydrogen-bond acceptors (Lipinski definition) is 3. The summed E-state index contributed by atoms with van der Waals surface area (Å²) in [7, 11) is 0. The van der Waals surface area contributed by atoms with E-state index in [4.69, 9.17) is 17.3 Å². The maximum atomic E-state index is 12.4. The van der Waals surface area contributed by atoms with Gasteiger partial charge in [-0.15, -0.1) is 5.10 Å². The predicted molar refractivity (Wildman–Crippen MR) is 85.0 cm³/mol. The minimum Gasteiger partial charge on any atom is -0.382 e. The fraction of sp³-hybridized carbons (Fsp3) is 0. The van der Waals surface area contributed by atoms with Crippen molar-refractivity contribution in [2.45, 2.75) is 0 Å². The van der Waals surface area contributed by atoms with E-state index in [9.17, 15) is 4.79 Å². The van der Waals surface area contributed by atoms with E-state index >= 15 is 0 Å². The van der Waals surface area contributed by atoms with Gasteiger partial charge in [0, 0.05) is 5.02 Å². The average Bonchev–Trinajstić information content (AvgIpc) is 2.78. The number of amides is 1. The van der Waals surface area contributed by atoms with Crippen LogP contribution in [0.15, 0.2) is 65.3 Å². The molecule has 0 saturated heterocycles. The SMILES string of the molecule is NC1=NN(c2ccccc2)C(=O)/C1=C/c1ccc(Cl)cc1. The third kappa shape index (κ3) is 2.66. The Morgan fingerprint density at radius 3 is 2.38 bits per heavy atom. The van der Waals surface area contributed by atoms with Crippen LogP contribution >= 0.6 is 11.6 Å². The molecule has 0 fully saturated rings. The molecule has 2 aromatic carbocycles. The largest absolute Gasteiger partial charge is 0.382 e. The highest BCUT2D eigenvalue weighted by Crippen LogP contribution is 2.23. The zero-order valence-electron chi connectivity index (χ0n) is 11.0. The first kappa shape index (κ1) is 13.4. The minimum atomic E-state index is -0.242. The van der Waals surface area contributed by atoms with E-state index in [0.29, 0.717) is 16.3 Å². The van der Waals surface area contributed by atoms with Crippen LogP contribution in [0.25, 0.3) is 6.08 Å². The van der Waals surface area contributed by atoms with E-state index in [2.05, 4.69) is 5.10 Å². The van der Waals surface area contributed by atoms with Crippen LogP contribution < -0.4 is 10.7 Å². The molecular formula is C16H12ClN3O. The van der Waals surface area contributed by atoms with E-state index in [1.165, 1.54) is 5.01 Å². The topological polar surface area (TPSA) is 58.7 Å². The Bertz CT molecular complexity index is 736. The standard InChI is InChI=1S/C16H12ClN3O/c17-12-8-6-11(7-9-12)10-14-15(18)19-20(16(14)21)13-4-2-1-3-5-13/h1-10H,(H2,18,19)/b14-10+. The predicted octanol–water partition coefficient (Wildman–Crippen LogP) is 3.04. The van der Waals surface area contributed by atoms with Gasteiger partial charge in [-0.05, 0) is 35.9 Å². The molecule has 1 amide bonds. The number of nitrogens with two attached hydrogens (primary N) is 1. The molecule has 0 saturated carbocycles. The Morgan fingerprint density at radius 1 is 1.05 bits per heavy atom. The number of carbonyl (C=O) groups excluding carboxylic acids is 1. The van der Waals surface area contributed by atoms with Crippen LogP contribution in [0.4, 0.5) is 5.69 Å². The van der Waals surface area contributed by atoms with Gasteiger partial charge in [0.25, 0.3) is 5.91 Å². The summed E-state index contributed by atoms with van der Waals surface area (Å²) < 4.78 is 0. The van der Waals surface area contributed by atoms with Crippen LogP contribution in [-0.2, 0) is 4.79 Å². The van der Waals surface area contributed by atoms with E-state index in [1.54, 1.807) is 30.3 Å². The first-order valence-electron chi connectivity index (χ1n) is 6.36. The molecule has 1 aliphatic rings. The number of hydrazone groups is 1. The molecular weight excluding hydrogens is 286 g/mol. The van der Waals surface area contributed by atoms with Crippen molar-refractivity contribution in [3.8, 4) is 0 Å². The van der Waals surface area contributed by atoms with Crippen molar-refractivity contribution in [1.29, 1.82) is 0 Å². The highest BCUT2D eigenvalue weighted by Gasteiger charge is 2.29. The van der Waals surface area contributed by atoms with Gasteiger partial charge in [-0.25, -0.2) is 0 Å². The number of halogens is 1. The third-order valence-electron chi connectivity index (χ3n) is 3.09. The Balaban J connectivity index is 1.94. The molecule has 5 heteroatoms. The van der Waals surface area contributed by atoms with Crippen LogP contribution in [0.2, 0.25) is 5.02 Å². The van der Waals surface area contributed by atoms with Crippen molar-refractivity contribution in [2.75, 3.05) is 5.01 Å². The van der Waals surface area contributed by atoms with Gasteiger partial charge in [0.1, 0.15) is 0 Å². The van der Waals surface area contributed by atoms with Gasteiger partial charge in [-0.2, -0.15) is 5.01 Å². The number of hydrogen-bond donors (Lipinski definition) is 1. The molecule has 1 heterocycles. The lowest BCUT2D eigenvalue weighted by Crippen LogP contribution is -2.22. The lowest BCUT2D eigenvalue weighted by atomic mass is 10.1. The molecule has 3 rings (SSSR count). The first-order chi connectivity index (χ1) is 10.1. The van der Waals surface area contributed by atoms with E-state index in [0.717, 1.165) is 5.56 Å². The highest BCUT2D eigenvalue weighted by molar-refractivity contribution is 6.32. The Kier molecular flexibility index (Phi) is 3.46. The zero-order chi connectivity index (χ0) is 14.8. The summed E-state index contributed by atoms with van der Waals surface area (Å²) in [6, 6.07) is 16.3. The van der Waals surface area contributed by atoms with Crippen LogP contribution in [0.5, 0.6) is 0 Å². The molecule has 1 aliphatic heterocycles. The molecule has 0 radical (unpaired) electrons. The Hall–Kier alpha value is -2.59. The van der Waals surface area contributed by atoms with Gasteiger partial charge in [-0.1, -0.05) is 41.9 Å². The first-order valence-corrected chi connectivity index (χ1v) is 6.74. The molecule has 21 heavy (non-hydrogen) atoms. The average molecular weight is 298 g/mol. The number of anilines is 1. The van der Waals surface area contributed by atoms with Crippen molar-refractivity contribution >= 4 is 35.1 Å². The summed E-state index contributed by atoms with van der Waals surface area (Å²) in [5.74, 6) is -0.0348. The number of amidine groups is 1. The fourth-order valence-corrected chi connectivity index (χ4v) is 2.16. The van der Waals surface area contributed by atoms with Gasteiger partial charge in [0.15, 0.2) is 5.84 Å². The lowest BCUT2D eigenvalue weighted by Gasteiger charge is -2.10. The monoisotopic (exact) mass is 297 g/mol. The molecule has 4 nitrogen and oxygen atoms in total. The highest BCUT2D eigenvalue weighted by atomic mass is 35.5. The number of carbonyl (C=O) groups is 1. The van der Waals surface area contributed by atoms with E-state index < -0.39 is 0 Å². The summed E-state index contributed by atoms with van der Waals surface area (Å²) in [6.07, 6.45) is 1.71. The number of rotatable bonds is 2. The van der Waals surface area contributed by atoms with Crippen LogP contribution in [0, 0.1) is 0 Å². The second-order valence-electron chi connectivity index (χ2n) is 4.55. The van der Waals surface area contributed by atoms with Crippen molar-refractivity contribution in [1.82, 2.24) is 0 Å². The maximum Gasteiger partial charge on any atom is 0.282 e. The zero-order valence-corrected chi connectivity index (χ0v) is 11.8. The normalized spacial score (nSPS) is 16.4. The van der Waals surface area contributed by atoms with Gasteiger partial charge in [0.05, 0.1) is 11.3 Å². The fourth-order valence-electron chi connectivity index (χ4n) is 2.04. The third-order valence-corrected chi connectivity index (χ3v) is 3.34.